The van der Waals surface area contributed by atoms with Crippen molar-refractivity contribution in [3.8, 4) is 0 Å². The molecule has 0 saturated carbocycles. The lowest BCUT2D eigenvalue weighted by atomic mass is 10.00. The predicted octanol–water partition coefficient (Wildman–Crippen LogP) is 6.30. The van der Waals surface area contributed by atoms with Gasteiger partial charge in [0.1, 0.15) is 0 Å². The van der Waals surface area contributed by atoms with Gasteiger partial charge in [0, 0.05) is 6.42 Å². The molecule has 0 fully saturated rings. The maximum Gasteiger partial charge on any atom is 0.303 e. The summed E-state index contributed by atoms with van der Waals surface area (Å²) >= 11 is 0. The van der Waals surface area contributed by atoms with E-state index in [2.05, 4.69) is 45.9 Å². The van der Waals surface area contributed by atoms with Crippen molar-refractivity contribution in [3.05, 3.63) is 34.9 Å². The van der Waals surface area contributed by atoms with E-state index >= 15 is 0 Å². The first-order valence-electron chi connectivity index (χ1n) is 8.47. The largest absolute Gasteiger partial charge is 0.481 e. The van der Waals surface area contributed by atoms with Gasteiger partial charge < -0.3 is 5.11 Å². The first kappa shape index (κ1) is 20.7. The van der Waals surface area contributed by atoms with E-state index in [4.69, 9.17) is 5.11 Å². The molecule has 126 valence electrons. The molecular weight excluding hydrogens is 272 g/mol. The minimum absolute atomic E-state index is 0.263. The summed E-state index contributed by atoms with van der Waals surface area (Å²) in [5.74, 6) is -0.430. The van der Waals surface area contributed by atoms with Crippen molar-refractivity contribution in [1.82, 2.24) is 0 Å². The average Bonchev–Trinajstić information content (AvgIpc) is 2.37. The highest BCUT2D eigenvalue weighted by molar-refractivity contribution is 5.66. The van der Waals surface area contributed by atoms with Gasteiger partial charge in [-0.2, -0.15) is 0 Å². The lowest BCUT2D eigenvalue weighted by molar-refractivity contribution is -0.138. The minimum Gasteiger partial charge on any atom is -0.481 e. The van der Waals surface area contributed by atoms with Gasteiger partial charge in [0.05, 0.1) is 0 Å². The predicted molar refractivity (Wildman–Crippen MR) is 96.1 cm³/mol. The Morgan fingerprint density at radius 1 is 0.909 bits per heavy atom. The van der Waals surface area contributed by atoms with Crippen LogP contribution in [0.5, 0.6) is 0 Å². The van der Waals surface area contributed by atoms with Gasteiger partial charge in [-0.05, 0) is 72.1 Å². The third kappa shape index (κ3) is 13.7. The highest BCUT2D eigenvalue weighted by atomic mass is 16.4. The number of allylic oxidation sites excluding steroid dienone is 6. The molecule has 0 aliphatic carbocycles. The van der Waals surface area contributed by atoms with E-state index in [1.165, 1.54) is 16.7 Å². The Labute approximate surface area is 137 Å². The molecule has 1 N–H and O–H groups in total. The number of hydrogen-bond acceptors (Lipinski definition) is 1. The maximum absolute atomic E-state index is 10.6. The topological polar surface area (TPSA) is 37.3 Å². The molecule has 0 saturated heterocycles. The van der Waals surface area contributed by atoms with Crippen LogP contribution < -0.4 is 0 Å². The van der Waals surface area contributed by atoms with Crippen LogP contribution in [0.3, 0.4) is 0 Å². The summed E-state index contributed by atoms with van der Waals surface area (Å²) in [5, 5.41) is 8.73. The van der Waals surface area contributed by atoms with Gasteiger partial charge in [0.25, 0.3) is 0 Å². The minimum atomic E-state index is -0.693. The molecular formula is C20H34O2. The van der Waals surface area contributed by atoms with Crippen LogP contribution in [0, 0.1) is 5.92 Å². The van der Waals surface area contributed by atoms with Crippen molar-refractivity contribution in [3.63, 3.8) is 0 Å². The smallest absolute Gasteiger partial charge is 0.303 e. The number of carboxylic acid groups (broad SMARTS) is 1. The molecule has 22 heavy (non-hydrogen) atoms. The van der Waals surface area contributed by atoms with E-state index in [0.717, 1.165) is 38.5 Å². The van der Waals surface area contributed by atoms with Crippen molar-refractivity contribution in [1.29, 1.82) is 0 Å². The molecule has 1 unspecified atom stereocenters. The summed E-state index contributed by atoms with van der Waals surface area (Å²) in [6.07, 6.45) is 13.6. The fourth-order valence-corrected chi connectivity index (χ4v) is 2.35. The lowest BCUT2D eigenvalue weighted by Crippen LogP contribution is -2.03. The SMILES string of the molecule is CC(C)=CCCC(C)=CCCC(C)=CCCC(C)CC(=O)O. The summed E-state index contributed by atoms with van der Waals surface area (Å²) < 4.78 is 0. The molecule has 0 aliphatic rings. The van der Waals surface area contributed by atoms with Crippen molar-refractivity contribution in [2.45, 2.75) is 79.6 Å². The van der Waals surface area contributed by atoms with Gasteiger partial charge in [-0.25, -0.2) is 0 Å². The molecule has 0 aromatic carbocycles. The Bertz CT molecular complexity index is 409. The number of aliphatic carboxylic acids is 1. The Morgan fingerprint density at radius 2 is 1.41 bits per heavy atom. The monoisotopic (exact) mass is 306 g/mol. The number of carboxylic acids is 1. The van der Waals surface area contributed by atoms with Crippen LogP contribution in [0.2, 0.25) is 0 Å². The molecule has 1 atom stereocenters. The summed E-state index contributed by atoms with van der Waals surface area (Å²) in [7, 11) is 0. The molecule has 0 radical (unpaired) electrons. The normalized spacial score (nSPS) is 13.9. The Hall–Kier alpha value is -1.31. The van der Waals surface area contributed by atoms with Crippen LogP contribution in [0.4, 0.5) is 0 Å². The Morgan fingerprint density at radius 3 is 1.91 bits per heavy atom. The second-order valence-electron chi connectivity index (χ2n) is 6.74. The molecule has 0 heterocycles. The summed E-state index contributed by atoms with van der Waals surface area (Å²) in [6, 6.07) is 0. The van der Waals surface area contributed by atoms with Gasteiger partial charge in [0.2, 0.25) is 0 Å². The fraction of sp³-hybridized carbons (Fsp3) is 0.650. The van der Waals surface area contributed by atoms with Gasteiger partial charge in [0.15, 0.2) is 0 Å². The van der Waals surface area contributed by atoms with Crippen LogP contribution in [0.1, 0.15) is 79.6 Å². The number of hydrogen-bond donors (Lipinski definition) is 1. The molecule has 0 rings (SSSR count). The first-order chi connectivity index (χ1) is 10.3. The van der Waals surface area contributed by atoms with Crippen LogP contribution >= 0.6 is 0 Å². The lowest BCUT2D eigenvalue weighted by Gasteiger charge is -2.06. The Balaban J connectivity index is 3.91. The third-order valence-corrected chi connectivity index (χ3v) is 3.80. The average molecular weight is 306 g/mol. The standard InChI is InChI=1S/C20H34O2/c1-16(2)9-6-10-17(3)11-7-12-18(4)13-8-14-19(5)15-20(21)22/h9,11,13,19H,6-8,10,12,14-15H2,1-5H3,(H,21,22). The van der Waals surface area contributed by atoms with E-state index in [1.54, 1.807) is 0 Å². The van der Waals surface area contributed by atoms with Crippen molar-refractivity contribution in [2.24, 2.45) is 5.92 Å². The van der Waals surface area contributed by atoms with Crippen molar-refractivity contribution in [2.75, 3.05) is 0 Å². The van der Waals surface area contributed by atoms with E-state index in [9.17, 15) is 4.79 Å². The summed E-state index contributed by atoms with van der Waals surface area (Å²) in [6.45, 7) is 10.7. The molecule has 0 aliphatic heterocycles. The highest BCUT2D eigenvalue weighted by Gasteiger charge is 2.05. The van der Waals surface area contributed by atoms with E-state index in [1.807, 2.05) is 6.92 Å². The van der Waals surface area contributed by atoms with Gasteiger partial charge in [-0.3, -0.25) is 4.79 Å². The molecule has 0 aromatic rings. The Kier molecular flexibility index (Phi) is 11.5. The van der Waals surface area contributed by atoms with E-state index in [-0.39, 0.29) is 12.3 Å². The fourth-order valence-electron chi connectivity index (χ4n) is 2.35. The van der Waals surface area contributed by atoms with Gasteiger partial charge >= 0.3 is 5.97 Å². The highest BCUT2D eigenvalue weighted by Crippen LogP contribution is 2.15. The maximum atomic E-state index is 10.6. The van der Waals surface area contributed by atoms with Gasteiger partial charge in [-0.1, -0.05) is 41.9 Å². The van der Waals surface area contributed by atoms with Crippen LogP contribution in [0.25, 0.3) is 0 Å². The molecule has 2 nitrogen and oxygen atoms in total. The number of carbonyl (C=O) groups is 1. The van der Waals surface area contributed by atoms with Crippen LogP contribution in [0.15, 0.2) is 34.9 Å². The zero-order valence-electron chi connectivity index (χ0n) is 15.1. The van der Waals surface area contributed by atoms with Crippen molar-refractivity contribution < 1.29 is 9.90 Å². The quantitative estimate of drug-likeness (QED) is 0.455. The van der Waals surface area contributed by atoms with E-state index in [0.29, 0.717) is 0 Å². The van der Waals surface area contributed by atoms with Crippen molar-refractivity contribution >= 4 is 5.97 Å². The van der Waals surface area contributed by atoms with Crippen LogP contribution in [-0.4, -0.2) is 11.1 Å². The molecule has 0 spiro atoms. The first-order valence-corrected chi connectivity index (χ1v) is 8.47. The zero-order chi connectivity index (χ0) is 17.0. The zero-order valence-corrected chi connectivity index (χ0v) is 15.1. The molecule has 0 bridgehead atoms. The molecule has 0 aromatic heterocycles. The second-order valence-corrected chi connectivity index (χ2v) is 6.74. The summed E-state index contributed by atoms with van der Waals surface area (Å²) in [5.41, 5.74) is 4.28. The molecule has 0 amide bonds. The second kappa shape index (κ2) is 12.3. The third-order valence-electron chi connectivity index (χ3n) is 3.80. The van der Waals surface area contributed by atoms with E-state index < -0.39 is 5.97 Å². The van der Waals surface area contributed by atoms with Gasteiger partial charge in [-0.15, -0.1) is 0 Å². The summed E-state index contributed by atoms with van der Waals surface area (Å²) in [4.78, 5) is 10.6. The number of rotatable bonds is 11. The molecule has 2 heteroatoms. The van der Waals surface area contributed by atoms with Crippen LogP contribution in [-0.2, 0) is 4.79 Å².